The van der Waals surface area contributed by atoms with E-state index in [2.05, 4.69) is 5.32 Å². The molecule has 5 nitrogen and oxygen atoms in total. The largest absolute Gasteiger partial charge is 0.481 e. The highest BCUT2D eigenvalue weighted by Gasteiger charge is 2.17. The number of carbonyl (C=O) groups is 2. The molecule has 0 saturated carbocycles. The lowest BCUT2D eigenvalue weighted by Crippen LogP contribution is -2.30. The maximum absolute atomic E-state index is 12.4. The Morgan fingerprint density at radius 2 is 1.88 bits per heavy atom. The van der Waals surface area contributed by atoms with E-state index in [1.807, 2.05) is 39.0 Å². The summed E-state index contributed by atoms with van der Waals surface area (Å²) in [6.07, 6.45) is 0.0845. The molecule has 0 aliphatic heterocycles. The zero-order valence-electron chi connectivity index (χ0n) is 15.7. The molecule has 0 radical (unpaired) electrons. The smallest absolute Gasteiger partial charge is 0.338 e. The lowest BCUT2D eigenvalue weighted by Gasteiger charge is -2.17. The third kappa shape index (κ3) is 5.34. The second-order valence-corrected chi connectivity index (χ2v) is 6.24. The summed E-state index contributed by atoms with van der Waals surface area (Å²) in [5.41, 5.74) is 2.96. The molecule has 1 atom stereocenters. The van der Waals surface area contributed by atoms with Gasteiger partial charge in [0.2, 0.25) is 0 Å². The van der Waals surface area contributed by atoms with Gasteiger partial charge in [0.25, 0.3) is 5.91 Å². The molecule has 2 aromatic carbocycles. The number of benzene rings is 2. The number of esters is 1. The van der Waals surface area contributed by atoms with Gasteiger partial charge < -0.3 is 14.8 Å². The van der Waals surface area contributed by atoms with Crippen molar-refractivity contribution >= 4 is 17.6 Å². The topological polar surface area (TPSA) is 64.6 Å². The quantitative estimate of drug-likeness (QED) is 0.753. The van der Waals surface area contributed by atoms with Crippen molar-refractivity contribution in [3.8, 4) is 5.75 Å². The average molecular weight is 355 g/mol. The van der Waals surface area contributed by atoms with E-state index in [1.165, 1.54) is 0 Å². The van der Waals surface area contributed by atoms with Gasteiger partial charge in [-0.3, -0.25) is 4.79 Å². The fourth-order valence-electron chi connectivity index (χ4n) is 2.32. The number of rotatable bonds is 7. The molecule has 1 amide bonds. The van der Waals surface area contributed by atoms with E-state index < -0.39 is 12.1 Å². The van der Waals surface area contributed by atoms with Crippen LogP contribution in [-0.4, -0.2) is 24.6 Å². The van der Waals surface area contributed by atoms with Crippen LogP contribution in [0.4, 0.5) is 5.69 Å². The van der Waals surface area contributed by atoms with E-state index in [1.54, 1.807) is 31.2 Å². The van der Waals surface area contributed by atoms with Crippen LogP contribution in [0.2, 0.25) is 0 Å². The number of hydrogen-bond donors (Lipinski definition) is 1. The first-order chi connectivity index (χ1) is 12.4. The number of ether oxygens (including phenoxy) is 2. The van der Waals surface area contributed by atoms with E-state index in [4.69, 9.17) is 9.47 Å². The maximum atomic E-state index is 12.4. The Balaban J connectivity index is 2.02. The molecule has 2 rings (SSSR count). The molecule has 1 N–H and O–H groups in total. The summed E-state index contributed by atoms with van der Waals surface area (Å²) >= 11 is 0. The Morgan fingerprint density at radius 3 is 2.62 bits per heavy atom. The van der Waals surface area contributed by atoms with Crippen molar-refractivity contribution in [3.63, 3.8) is 0 Å². The third-order valence-corrected chi connectivity index (χ3v) is 3.82. The standard InChI is InChI=1S/C21H25NO4/c1-5-11-25-21(24)17-7-6-8-18(13-17)22-20(23)16(4)26-19-12-14(2)9-10-15(19)3/h6-10,12-13,16H,5,11H2,1-4H3,(H,22,23). The molecule has 1 unspecified atom stereocenters. The van der Waals surface area contributed by atoms with Crippen LogP contribution in [0, 0.1) is 13.8 Å². The molecule has 0 aromatic heterocycles. The van der Waals surface area contributed by atoms with E-state index >= 15 is 0 Å². The number of aryl methyl sites for hydroxylation is 2. The maximum Gasteiger partial charge on any atom is 0.338 e. The molecule has 0 aliphatic rings. The Labute approximate surface area is 154 Å². The fourth-order valence-corrected chi connectivity index (χ4v) is 2.32. The van der Waals surface area contributed by atoms with Crippen LogP contribution in [0.5, 0.6) is 5.75 Å². The van der Waals surface area contributed by atoms with Gasteiger partial charge in [0, 0.05) is 5.69 Å². The summed E-state index contributed by atoms with van der Waals surface area (Å²) in [4.78, 5) is 24.3. The Kier molecular flexibility index (Phi) is 6.78. The second kappa shape index (κ2) is 9.04. The Bertz CT molecular complexity index is 785. The Morgan fingerprint density at radius 1 is 1.12 bits per heavy atom. The first-order valence-corrected chi connectivity index (χ1v) is 8.72. The van der Waals surface area contributed by atoms with Gasteiger partial charge in [0.05, 0.1) is 12.2 Å². The monoisotopic (exact) mass is 355 g/mol. The van der Waals surface area contributed by atoms with Crippen molar-refractivity contribution in [1.82, 2.24) is 0 Å². The van der Waals surface area contributed by atoms with Crippen LogP contribution in [0.25, 0.3) is 0 Å². The molecule has 0 saturated heterocycles. The van der Waals surface area contributed by atoms with Gasteiger partial charge in [-0.05, 0) is 62.6 Å². The lowest BCUT2D eigenvalue weighted by atomic mass is 10.1. The van der Waals surface area contributed by atoms with E-state index in [0.29, 0.717) is 23.6 Å². The number of nitrogens with one attached hydrogen (secondary N) is 1. The van der Waals surface area contributed by atoms with Crippen LogP contribution in [0.15, 0.2) is 42.5 Å². The van der Waals surface area contributed by atoms with E-state index in [9.17, 15) is 9.59 Å². The molecule has 26 heavy (non-hydrogen) atoms. The highest BCUT2D eigenvalue weighted by atomic mass is 16.5. The van der Waals surface area contributed by atoms with Crippen LogP contribution in [0.3, 0.4) is 0 Å². The van der Waals surface area contributed by atoms with Gasteiger partial charge >= 0.3 is 5.97 Å². The summed E-state index contributed by atoms with van der Waals surface area (Å²) in [5.74, 6) is -0.00263. The number of hydrogen-bond acceptors (Lipinski definition) is 4. The molecule has 0 bridgehead atoms. The van der Waals surface area contributed by atoms with Crippen LogP contribution < -0.4 is 10.1 Å². The predicted molar refractivity (Wildman–Crippen MR) is 102 cm³/mol. The molecule has 0 heterocycles. The first kappa shape index (κ1) is 19.5. The second-order valence-electron chi connectivity index (χ2n) is 6.24. The van der Waals surface area contributed by atoms with Crippen molar-refractivity contribution in [3.05, 3.63) is 59.2 Å². The lowest BCUT2D eigenvalue weighted by molar-refractivity contribution is -0.122. The zero-order valence-corrected chi connectivity index (χ0v) is 15.7. The highest BCUT2D eigenvalue weighted by molar-refractivity contribution is 5.96. The molecular formula is C21H25NO4. The zero-order chi connectivity index (χ0) is 19.1. The van der Waals surface area contributed by atoms with Crippen LogP contribution in [-0.2, 0) is 9.53 Å². The number of amides is 1. The minimum Gasteiger partial charge on any atom is -0.481 e. The van der Waals surface area contributed by atoms with Crippen LogP contribution in [0.1, 0.15) is 41.8 Å². The normalized spacial score (nSPS) is 11.5. The minimum atomic E-state index is -0.675. The molecular weight excluding hydrogens is 330 g/mol. The van der Waals surface area contributed by atoms with Crippen molar-refractivity contribution < 1.29 is 19.1 Å². The first-order valence-electron chi connectivity index (χ1n) is 8.72. The van der Waals surface area contributed by atoms with Crippen LogP contribution >= 0.6 is 0 Å². The average Bonchev–Trinajstić information content (AvgIpc) is 2.62. The molecule has 2 aromatic rings. The number of carbonyl (C=O) groups excluding carboxylic acids is 2. The SMILES string of the molecule is CCCOC(=O)c1cccc(NC(=O)C(C)Oc2cc(C)ccc2C)c1. The molecule has 138 valence electrons. The van der Waals surface area contributed by atoms with Crippen molar-refractivity contribution in [2.45, 2.75) is 40.2 Å². The molecule has 5 heteroatoms. The summed E-state index contributed by atoms with van der Waals surface area (Å²) in [5, 5.41) is 2.78. The van der Waals surface area contributed by atoms with Gasteiger partial charge in [0.1, 0.15) is 5.75 Å². The van der Waals surface area contributed by atoms with Crippen molar-refractivity contribution in [2.24, 2.45) is 0 Å². The van der Waals surface area contributed by atoms with Gasteiger partial charge in [-0.15, -0.1) is 0 Å². The fraction of sp³-hybridized carbons (Fsp3) is 0.333. The highest BCUT2D eigenvalue weighted by Crippen LogP contribution is 2.21. The summed E-state index contributed by atoms with van der Waals surface area (Å²) in [6.45, 7) is 7.90. The summed E-state index contributed by atoms with van der Waals surface area (Å²) < 4.78 is 10.9. The third-order valence-electron chi connectivity index (χ3n) is 3.82. The Hall–Kier alpha value is -2.82. The summed E-state index contributed by atoms with van der Waals surface area (Å²) in [7, 11) is 0. The minimum absolute atomic E-state index is 0.287. The van der Waals surface area contributed by atoms with Gasteiger partial charge in [0.15, 0.2) is 6.10 Å². The molecule has 0 aliphatic carbocycles. The van der Waals surface area contributed by atoms with E-state index in [-0.39, 0.29) is 5.91 Å². The molecule has 0 spiro atoms. The number of anilines is 1. The summed E-state index contributed by atoms with van der Waals surface area (Å²) in [6, 6.07) is 12.5. The van der Waals surface area contributed by atoms with Gasteiger partial charge in [-0.2, -0.15) is 0 Å². The van der Waals surface area contributed by atoms with Gasteiger partial charge in [-0.1, -0.05) is 25.1 Å². The van der Waals surface area contributed by atoms with Gasteiger partial charge in [-0.25, -0.2) is 4.79 Å². The van der Waals surface area contributed by atoms with E-state index in [0.717, 1.165) is 17.5 Å². The molecule has 0 fully saturated rings. The van der Waals surface area contributed by atoms with Crippen molar-refractivity contribution in [1.29, 1.82) is 0 Å². The predicted octanol–water partition coefficient (Wildman–Crippen LogP) is 4.28. The van der Waals surface area contributed by atoms with Crippen molar-refractivity contribution in [2.75, 3.05) is 11.9 Å².